The van der Waals surface area contributed by atoms with Crippen molar-refractivity contribution in [2.75, 3.05) is 20.3 Å². The Labute approximate surface area is 108 Å². The maximum absolute atomic E-state index is 11.8. The van der Waals surface area contributed by atoms with E-state index in [1.807, 2.05) is 12.1 Å². The van der Waals surface area contributed by atoms with Crippen LogP contribution >= 0.6 is 0 Å². The van der Waals surface area contributed by atoms with Crippen molar-refractivity contribution >= 4 is 5.91 Å². The first-order chi connectivity index (χ1) is 8.48. The summed E-state index contributed by atoms with van der Waals surface area (Å²) in [5.74, 6) is -0.186. The van der Waals surface area contributed by atoms with E-state index in [0.29, 0.717) is 5.56 Å². The topological polar surface area (TPSA) is 58.6 Å². The molecule has 1 unspecified atom stereocenters. The van der Waals surface area contributed by atoms with Crippen LogP contribution < -0.4 is 5.32 Å². The number of methoxy groups -OCH3 is 1. The van der Waals surface area contributed by atoms with E-state index >= 15 is 0 Å². The molecular formula is C14H21NO3. The number of aliphatic hydroxyl groups is 1. The van der Waals surface area contributed by atoms with Crippen molar-refractivity contribution in [1.29, 1.82) is 0 Å². The first-order valence-electron chi connectivity index (χ1n) is 6.07. The van der Waals surface area contributed by atoms with Crippen LogP contribution in [0.15, 0.2) is 24.3 Å². The van der Waals surface area contributed by atoms with Crippen molar-refractivity contribution in [3.05, 3.63) is 35.4 Å². The Morgan fingerprint density at radius 3 is 2.50 bits per heavy atom. The van der Waals surface area contributed by atoms with Crippen LogP contribution in [0, 0.1) is 0 Å². The van der Waals surface area contributed by atoms with Gasteiger partial charge in [0.05, 0.1) is 6.61 Å². The molecule has 0 saturated heterocycles. The van der Waals surface area contributed by atoms with Gasteiger partial charge in [-0.1, -0.05) is 19.1 Å². The van der Waals surface area contributed by atoms with Crippen molar-refractivity contribution in [3.63, 3.8) is 0 Å². The number of carbonyl (C=O) groups is 1. The normalized spacial score (nSPS) is 14.0. The summed E-state index contributed by atoms with van der Waals surface area (Å²) in [6.07, 6.45) is 0.949. The van der Waals surface area contributed by atoms with E-state index in [1.165, 1.54) is 12.7 Å². The molecule has 0 spiro atoms. The first kappa shape index (κ1) is 14.7. The molecule has 0 aromatic heterocycles. The molecule has 1 amide bonds. The van der Waals surface area contributed by atoms with Crippen LogP contribution in [0.3, 0.4) is 0 Å². The van der Waals surface area contributed by atoms with E-state index < -0.39 is 5.60 Å². The summed E-state index contributed by atoms with van der Waals surface area (Å²) in [7, 11) is 1.51. The number of hydrogen-bond donors (Lipinski definition) is 2. The predicted molar refractivity (Wildman–Crippen MR) is 70.7 cm³/mol. The zero-order chi connectivity index (χ0) is 13.6. The number of rotatable bonds is 6. The Balaban J connectivity index is 2.54. The molecule has 100 valence electrons. The second-order valence-corrected chi connectivity index (χ2v) is 4.66. The number of benzene rings is 1. The van der Waals surface area contributed by atoms with Gasteiger partial charge in [-0.3, -0.25) is 4.79 Å². The summed E-state index contributed by atoms with van der Waals surface area (Å²) in [6, 6.07) is 7.45. The van der Waals surface area contributed by atoms with E-state index in [1.54, 1.807) is 19.1 Å². The Morgan fingerprint density at radius 2 is 2.00 bits per heavy atom. The fourth-order valence-electron chi connectivity index (χ4n) is 1.63. The molecule has 1 aromatic carbocycles. The van der Waals surface area contributed by atoms with Crippen LogP contribution in [0.4, 0.5) is 0 Å². The first-order valence-corrected chi connectivity index (χ1v) is 6.07. The highest BCUT2D eigenvalue weighted by Gasteiger charge is 2.21. The second kappa shape index (κ2) is 6.52. The average Bonchev–Trinajstić information content (AvgIpc) is 2.36. The highest BCUT2D eigenvalue weighted by Crippen LogP contribution is 2.06. The Morgan fingerprint density at radius 1 is 1.39 bits per heavy atom. The van der Waals surface area contributed by atoms with E-state index in [9.17, 15) is 9.90 Å². The predicted octanol–water partition coefficient (Wildman–Crippen LogP) is 1.38. The Hall–Kier alpha value is -1.39. The average molecular weight is 251 g/mol. The number of amides is 1. The largest absolute Gasteiger partial charge is 0.386 e. The van der Waals surface area contributed by atoms with Gasteiger partial charge in [0.2, 0.25) is 0 Å². The molecule has 0 saturated carbocycles. The van der Waals surface area contributed by atoms with Gasteiger partial charge in [-0.2, -0.15) is 0 Å². The molecule has 0 aliphatic heterocycles. The minimum atomic E-state index is -1.05. The molecule has 0 heterocycles. The third-order valence-electron chi connectivity index (χ3n) is 2.71. The molecule has 0 bridgehead atoms. The van der Waals surface area contributed by atoms with Crippen LogP contribution in [0.25, 0.3) is 0 Å². The fourth-order valence-corrected chi connectivity index (χ4v) is 1.63. The summed E-state index contributed by atoms with van der Waals surface area (Å²) >= 11 is 0. The Bertz CT molecular complexity index is 385. The van der Waals surface area contributed by atoms with Gasteiger partial charge in [0, 0.05) is 19.2 Å². The van der Waals surface area contributed by atoms with Crippen molar-refractivity contribution in [2.24, 2.45) is 0 Å². The zero-order valence-electron chi connectivity index (χ0n) is 11.2. The van der Waals surface area contributed by atoms with Gasteiger partial charge < -0.3 is 15.2 Å². The second-order valence-electron chi connectivity index (χ2n) is 4.66. The van der Waals surface area contributed by atoms with Crippen LogP contribution in [-0.4, -0.2) is 36.9 Å². The quantitative estimate of drug-likeness (QED) is 0.803. The van der Waals surface area contributed by atoms with Crippen LogP contribution in [0.5, 0.6) is 0 Å². The van der Waals surface area contributed by atoms with Gasteiger partial charge in [-0.25, -0.2) is 0 Å². The van der Waals surface area contributed by atoms with Gasteiger partial charge in [0.25, 0.3) is 5.91 Å². The zero-order valence-corrected chi connectivity index (χ0v) is 11.2. The van der Waals surface area contributed by atoms with Crippen molar-refractivity contribution in [3.8, 4) is 0 Å². The molecule has 1 aromatic rings. The van der Waals surface area contributed by atoms with Gasteiger partial charge in [-0.15, -0.1) is 0 Å². The fraction of sp³-hybridized carbons (Fsp3) is 0.500. The maximum atomic E-state index is 11.8. The molecule has 0 radical (unpaired) electrons. The van der Waals surface area contributed by atoms with Crippen molar-refractivity contribution < 1.29 is 14.6 Å². The number of aryl methyl sites for hydroxylation is 1. The van der Waals surface area contributed by atoms with E-state index in [4.69, 9.17) is 4.74 Å². The molecule has 1 atom stereocenters. The third-order valence-corrected chi connectivity index (χ3v) is 2.71. The van der Waals surface area contributed by atoms with Crippen molar-refractivity contribution in [2.45, 2.75) is 25.9 Å². The molecule has 0 aliphatic carbocycles. The number of nitrogens with one attached hydrogen (secondary N) is 1. The highest BCUT2D eigenvalue weighted by atomic mass is 16.5. The van der Waals surface area contributed by atoms with Gasteiger partial charge in [-0.05, 0) is 31.0 Å². The van der Waals surface area contributed by atoms with E-state index in [-0.39, 0.29) is 19.1 Å². The minimum Gasteiger partial charge on any atom is -0.386 e. The summed E-state index contributed by atoms with van der Waals surface area (Å²) in [6.45, 7) is 4.03. The van der Waals surface area contributed by atoms with Crippen LogP contribution in [0.1, 0.15) is 29.8 Å². The van der Waals surface area contributed by atoms with Gasteiger partial charge in [0.1, 0.15) is 5.60 Å². The molecule has 0 aliphatic rings. The van der Waals surface area contributed by atoms with Crippen LogP contribution in [-0.2, 0) is 11.2 Å². The SMILES string of the molecule is CCc1ccc(C(=O)NCC(C)(O)COC)cc1. The molecule has 0 fully saturated rings. The summed E-state index contributed by atoms with van der Waals surface area (Å²) in [5, 5.41) is 12.5. The maximum Gasteiger partial charge on any atom is 0.251 e. The summed E-state index contributed by atoms with van der Waals surface area (Å²) in [4.78, 5) is 11.8. The molecule has 18 heavy (non-hydrogen) atoms. The molecule has 1 rings (SSSR count). The minimum absolute atomic E-state index is 0.162. The van der Waals surface area contributed by atoms with E-state index in [0.717, 1.165) is 6.42 Å². The number of hydrogen-bond acceptors (Lipinski definition) is 3. The third kappa shape index (κ3) is 4.47. The lowest BCUT2D eigenvalue weighted by molar-refractivity contribution is -0.0147. The monoisotopic (exact) mass is 251 g/mol. The standard InChI is InChI=1S/C14H21NO3/c1-4-11-5-7-12(8-6-11)13(16)15-9-14(2,17)10-18-3/h5-8,17H,4,9-10H2,1-3H3,(H,15,16). The highest BCUT2D eigenvalue weighted by molar-refractivity contribution is 5.94. The number of ether oxygens (including phenoxy) is 1. The molecular weight excluding hydrogens is 230 g/mol. The Kier molecular flexibility index (Phi) is 5.31. The van der Waals surface area contributed by atoms with Crippen molar-refractivity contribution in [1.82, 2.24) is 5.32 Å². The smallest absolute Gasteiger partial charge is 0.251 e. The van der Waals surface area contributed by atoms with Crippen LogP contribution in [0.2, 0.25) is 0 Å². The summed E-state index contributed by atoms with van der Waals surface area (Å²) in [5.41, 5.74) is 0.742. The van der Waals surface area contributed by atoms with E-state index in [2.05, 4.69) is 12.2 Å². The lowest BCUT2D eigenvalue weighted by Crippen LogP contribution is -2.43. The van der Waals surface area contributed by atoms with Gasteiger partial charge in [0.15, 0.2) is 0 Å². The molecule has 4 heteroatoms. The lowest BCUT2D eigenvalue weighted by atomic mass is 10.1. The summed E-state index contributed by atoms with van der Waals surface area (Å²) < 4.78 is 4.87. The number of carbonyl (C=O) groups excluding carboxylic acids is 1. The molecule has 2 N–H and O–H groups in total. The van der Waals surface area contributed by atoms with Gasteiger partial charge >= 0.3 is 0 Å². The molecule has 4 nitrogen and oxygen atoms in total. The lowest BCUT2D eigenvalue weighted by Gasteiger charge is -2.22.